The lowest BCUT2D eigenvalue weighted by molar-refractivity contribution is -0.108. The molecule has 0 bridgehead atoms. The summed E-state index contributed by atoms with van der Waals surface area (Å²) in [5.74, 6) is 0.508. The summed E-state index contributed by atoms with van der Waals surface area (Å²) in [6, 6.07) is 3.29. The molecule has 1 N–H and O–H groups in total. The molecule has 7 nitrogen and oxygen atoms in total. The molecule has 7 heteroatoms. The van der Waals surface area contributed by atoms with Gasteiger partial charge in [-0.05, 0) is 43.7 Å². The number of amides is 2. The number of hydrogen-bond donors (Lipinski definition) is 1. The second-order valence-corrected chi connectivity index (χ2v) is 8.29. The van der Waals surface area contributed by atoms with Crippen LogP contribution >= 0.6 is 0 Å². The monoisotopic (exact) mass is 438 g/mol. The van der Waals surface area contributed by atoms with E-state index in [9.17, 15) is 9.59 Å². The first-order valence-electron chi connectivity index (χ1n) is 11.3. The van der Waals surface area contributed by atoms with E-state index in [1.807, 2.05) is 11.0 Å². The fraction of sp³-hybridized carbons (Fsp3) is 0.480. The molecular formula is C25H34N4O3. The maximum atomic E-state index is 13.0. The first-order valence-corrected chi connectivity index (χ1v) is 11.3. The van der Waals surface area contributed by atoms with Crippen molar-refractivity contribution in [3.63, 3.8) is 0 Å². The van der Waals surface area contributed by atoms with Crippen LogP contribution in [0.25, 0.3) is 0 Å². The van der Waals surface area contributed by atoms with Crippen LogP contribution in [0, 0.1) is 0 Å². The van der Waals surface area contributed by atoms with Gasteiger partial charge >= 0.3 is 6.03 Å². The Morgan fingerprint density at radius 1 is 1.38 bits per heavy atom. The molecule has 3 rings (SSSR count). The molecule has 1 aromatic heterocycles. The molecule has 0 aliphatic carbocycles. The number of aldehydes is 1. The van der Waals surface area contributed by atoms with Crippen molar-refractivity contribution in [1.29, 1.82) is 0 Å². The Morgan fingerprint density at radius 3 is 2.91 bits per heavy atom. The number of allylic oxidation sites excluding steroid dienone is 5. The van der Waals surface area contributed by atoms with Crippen molar-refractivity contribution in [2.24, 2.45) is 0 Å². The summed E-state index contributed by atoms with van der Waals surface area (Å²) in [5, 5.41) is 3.40. The van der Waals surface area contributed by atoms with Crippen LogP contribution in [-0.4, -0.2) is 60.4 Å². The maximum Gasteiger partial charge on any atom is 0.320 e. The highest BCUT2D eigenvalue weighted by molar-refractivity contribution is 5.77. The quantitative estimate of drug-likeness (QED) is 0.417. The Balaban J connectivity index is 1.51. The minimum atomic E-state index is -0.304. The van der Waals surface area contributed by atoms with Gasteiger partial charge in [0.05, 0.1) is 13.2 Å². The Morgan fingerprint density at radius 2 is 2.22 bits per heavy atom. The van der Waals surface area contributed by atoms with Gasteiger partial charge < -0.3 is 24.6 Å². The summed E-state index contributed by atoms with van der Waals surface area (Å²) >= 11 is 0. The third kappa shape index (κ3) is 5.99. The average molecular weight is 439 g/mol. The molecule has 0 unspecified atom stereocenters. The number of carbonyl (C=O) groups excluding carboxylic acids is 2. The SMILES string of the molecule is C=C(/C=C\C1=C(C)NCCC1)CCCN1CCN([C@@H](CC=O)c2ccc(OC)nc2)C1=O. The molecule has 2 aliphatic heterocycles. The highest BCUT2D eigenvalue weighted by Crippen LogP contribution is 2.28. The normalized spacial score (nSPS) is 17.6. The minimum absolute atomic E-state index is 0.0251. The number of nitrogens with one attached hydrogen (secondary N) is 1. The summed E-state index contributed by atoms with van der Waals surface area (Å²) in [4.78, 5) is 32.2. The van der Waals surface area contributed by atoms with Gasteiger partial charge in [0, 0.05) is 50.6 Å². The van der Waals surface area contributed by atoms with Gasteiger partial charge in [-0.25, -0.2) is 9.78 Å². The average Bonchev–Trinajstić information content (AvgIpc) is 3.17. The third-order valence-corrected chi connectivity index (χ3v) is 6.12. The van der Waals surface area contributed by atoms with Gasteiger partial charge in [-0.3, -0.25) is 0 Å². The van der Waals surface area contributed by atoms with Crippen molar-refractivity contribution < 1.29 is 14.3 Å². The zero-order chi connectivity index (χ0) is 22.9. The Labute approximate surface area is 190 Å². The van der Waals surface area contributed by atoms with Crippen molar-refractivity contribution in [2.45, 2.75) is 45.1 Å². The third-order valence-electron chi connectivity index (χ3n) is 6.12. The van der Waals surface area contributed by atoms with Crippen LogP contribution in [0.2, 0.25) is 0 Å². The predicted molar refractivity (Wildman–Crippen MR) is 125 cm³/mol. The van der Waals surface area contributed by atoms with Gasteiger partial charge in [0.1, 0.15) is 6.29 Å². The fourth-order valence-electron chi connectivity index (χ4n) is 4.20. The zero-order valence-corrected chi connectivity index (χ0v) is 19.2. The van der Waals surface area contributed by atoms with Crippen LogP contribution in [0.3, 0.4) is 0 Å². The lowest BCUT2D eigenvalue weighted by Gasteiger charge is -2.27. The van der Waals surface area contributed by atoms with E-state index < -0.39 is 0 Å². The number of methoxy groups -OCH3 is 1. The molecule has 1 aromatic rings. The summed E-state index contributed by atoms with van der Waals surface area (Å²) in [6.07, 6.45) is 11.0. The molecule has 2 aliphatic rings. The number of aromatic nitrogens is 1. The van der Waals surface area contributed by atoms with E-state index in [-0.39, 0.29) is 18.5 Å². The van der Waals surface area contributed by atoms with Crippen molar-refractivity contribution in [3.05, 3.63) is 59.5 Å². The van der Waals surface area contributed by atoms with Crippen molar-refractivity contribution in [1.82, 2.24) is 20.1 Å². The number of rotatable bonds is 11. The molecule has 0 spiro atoms. The van der Waals surface area contributed by atoms with Gasteiger partial charge in [-0.15, -0.1) is 0 Å². The van der Waals surface area contributed by atoms with E-state index >= 15 is 0 Å². The Bertz CT molecular complexity index is 876. The maximum absolute atomic E-state index is 13.0. The minimum Gasteiger partial charge on any atom is -0.481 e. The van der Waals surface area contributed by atoms with Gasteiger partial charge in [-0.2, -0.15) is 0 Å². The smallest absolute Gasteiger partial charge is 0.320 e. The van der Waals surface area contributed by atoms with E-state index in [0.717, 1.165) is 49.7 Å². The van der Waals surface area contributed by atoms with Crippen LogP contribution in [0.4, 0.5) is 4.79 Å². The molecule has 32 heavy (non-hydrogen) atoms. The van der Waals surface area contributed by atoms with Crippen LogP contribution < -0.4 is 10.1 Å². The molecule has 1 saturated heterocycles. The van der Waals surface area contributed by atoms with E-state index in [1.54, 1.807) is 24.3 Å². The van der Waals surface area contributed by atoms with Crippen molar-refractivity contribution in [3.8, 4) is 5.88 Å². The molecule has 0 saturated carbocycles. The van der Waals surface area contributed by atoms with E-state index in [1.165, 1.54) is 11.3 Å². The number of carbonyl (C=O) groups is 2. The molecule has 1 atom stereocenters. The zero-order valence-electron chi connectivity index (χ0n) is 19.2. The lowest BCUT2D eigenvalue weighted by atomic mass is 10.0. The molecule has 2 amide bonds. The first kappa shape index (κ1) is 23.6. The number of ether oxygens (including phenoxy) is 1. The van der Waals surface area contributed by atoms with E-state index in [0.29, 0.717) is 25.5 Å². The van der Waals surface area contributed by atoms with Gasteiger partial charge in [0.2, 0.25) is 5.88 Å². The summed E-state index contributed by atoms with van der Waals surface area (Å²) in [5.41, 5.74) is 4.51. The van der Waals surface area contributed by atoms with Gasteiger partial charge in [0.15, 0.2) is 0 Å². The molecule has 1 fully saturated rings. The molecule has 172 valence electrons. The number of hydrogen-bond acceptors (Lipinski definition) is 5. The Kier molecular flexibility index (Phi) is 8.48. The lowest BCUT2D eigenvalue weighted by Crippen LogP contribution is -2.35. The predicted octanol–water partition coefficient (Wildman–Crippen LogP) is 4.01. The van der Waals surface area contributed by atoms with Gasteiger partial charge in [-0.1, -0.05) is 30.4 Å². The second-order valence-electron chi connectivity index (χ2n) is 8.29. The van der Waals surface area contributed by atoms with Crippen LogP contribution in [-0.2, 0) is 4.79 Å². The summed E-state index contributed by atoms with van der Waals surface area (Å²) in [7, 11) is 1.56. The van der Waals surface area contributed by atoms with Crippen LogP contribution in [0.15, 0.2) is 53.9 Å². The van der Waals surface area contributed by atoms with Gasteiger partial charge in [0.25, 0.3) is 0 Å². The molecule has 3 heterocycles. The standard InChI is InChI=1S/C25H34N4O3/c1-19(8-9-21-7-4-13-26-20(21)2)6-5-14-28-15-16-29(25(28)31)23(12-17-30)22-10-11-24(32-3)27-18-22/h8-11,17-18,23,26H,1,4-7,12-16H2,2-3H3/b9-8-/t23-/m0/s1. The number of pyridine rings is 1. The highest BCUT2D eigenvalue weighted by Gasteiger charge is 2.34. The van der Waals surface area contributed by atoms with Crippen molar-refractivity contribution in [2.75, 3.05) is 33.3 Å². The molecular weight excluding hydrogens is 404 g/mol. The molecule has 0 aromatic carbocycles. The van der Waals surface area contributed by atoms with E-state index in [4.69, 9.17) is 4.74 Å². The van der Waals surface area contributed by atoms with Crippen LogP contribution in [0.5, 0.6) is 5.88 Å². The Hall–Kier alpha value is -3.09. The fourth-order valence-corrected chi connectivity index (χ4v) is 4.20. The van der Waals surface area contributed by atoms with Crippen molar-refractivity contribution >= 4 is 12.3 Å². The first-order chi connectivity index (χ1) is 15.5. The summed E-state index contributed by atoms with van der Waals surface area (Å²) < 4.78 is 5.11. The number of urea groups is 1. The van der Waals surface area contributed by atoms with Crippen LogP contribution in [0.1, 0.15) is 50.6 Å². The highest BCUT2D eigenvalue weighted by atomic mass is 16.5. The number of nitrogens with zero attached hydrogens (tertiary/aromatic N) is 3. The van der Waals surface area contributed by atoms with E-state index in [2.05, 4.69) is 36.0 Å². The summed E-state index contributed by atoms with van der Waals surface area (Å²) in [6.45, 7) is 9.28. The second kappa shape index (κ2) is 11.5. The topological polar surface area (TPSA) is 74.8 Å². The molecule has 0 radical (unpaired) electrons. The largest absolute Gasteiger partial charge is 0.481 e.